The molecule has 1 fully saturated rings. The highest BCUT2D eigenvalue weighted by molar-refractivity contribution is 6.03. The SMILES string of the molecule is CC(=O)N(CC(=O)Nc1ccccc1N1CCOCC1)c1cccc(C#N)c1. The number of hydrogen-bond donors (Lipinski definition) is 1. The summed E-state index contributed by atoms with van der Waals surface area (Å²) in [5, 5.41) is 12.0. The lowest BCUT2D eigenvalue weighted by molar-refractivity contribution is -0.120. The van der Waals surface area contributed by atoms with Crippen molar-refractivity contribution >= 4 is 28.9 Å². The van der Waals surface area contributed by atoms with E-state index in [2.05, 4.69) is 10.2 Å². The summed E-state index contributed by atoms with van der Waals surface area (Å²) in [6, 6.07) is 16.3. The minimum absolute atomic E-state index is 0.137. The van der Waals surface area contributed by atoms with Crippen LogP contribution in [0.5, 0.6) is 0 Å². The third-order valence-corrected chi connectivity index (χ3v) is 4.50. The number of morpholine rings is 1. The highest BCUT2D eigenvalue weighted by Gasteiger charge is 2.19. The highest BCUT2D eigenvalue weighted by atomic mass is 16.5. The van der Waals surface area contributed by atoms with Crippen molar-refractivity contribution in [1.82, 2.24) is 0 Å². The summed E-state index contributed by atoms with van der Waals surface area (Å²) in [4.78, 5) is 28.3. The average Bonchev–Trinajstić information content (AvgIpc) is 2.73. The van der Waals surface area contributed by atoms with E-state index in [1.54, 1.807) is 24.3 Å². The fourth-order valence-electron chi connectivity index (χ4n) is 3.12. The maximum absolute atomic E-state index is 12.7. The Morgan fingerprint density at radius 2 is 1.93 bits per heavy atom. The zero-order valence-electron chi connectivity index (χ0n) is 15.7. The molecule has 0 saturated carbocycles. The molecule has 2 aromatic rings. The number of ether oxygens (including phenoxy) is 1. The van der Waals surface area contributed by atoms with Gasteiger partial charge in [0.2, 0.25) is 11.8 Å². The van der Waals surface area contributed by atoms with Gasteiger partial charge in [0.25, 0.3) is 0 Å². The van der Waals surface area contributed by atoms with Crippen molar-refractivity contribution in [1.29, 1.82) is 5.26 Å². The smallest absolute Gasteiger partial charge is 0.244 e. The Kier molecular flexibility index (Phi) is 6.25. The molecule has 1 aliphatic heterocycles. The van der Waals surface area contributed by atoms with Gasteiger partial charge in [-0.3, -0.25) is 9.59 Å². The van der Waals surface area contributed by atoms with Gasteiger partial charge in [-0.1, -0.05) is 18.2 Å². The van der Waals surface area contributed by atoms with Crippen molar-refractivity contribution < 1.29 is 14.3 Å². The molecule has 0 spiro atoms. The molecule has 0 bridgehead atoms. The number of para-hydroxylation sites is 2. The van der Waals surface area contributed by atoms with Crippen LogP contribution in [0.15, 0.2) is 48.5 Å². The second-order valence-corrected chi connectivity index (χ2v) is 6.43. The number of anilines is 3. The zero-order chi connectivity index (χ0) is 19.9. The Labute approximate surface area is 164 Å². The van der Waals surface area contributed by atoms with Gasteiger partial charge in [0.15, 0.2) is 0 Å². The number of benzene rings is 2. The lowest BCUT2D eigenvalue weighted by atomic mass is 10.2. The van der Waals surface area contributed by atoms with Gasteiger partial charge in [-0.15, -0.1) is 0 Å². The molecule has 0 radical (unpaired) electrons. The van der Waals surface area contributed by atoms with Crippen molar-refractivity contribution in [3.8, 4) is 6.07 Å². The quantitative estimate of drug-likeness (QED) is 0.863. The lowest BCUT2D eigenvalue weighted by Gasteiger charge is -2.30. The molecule has 28 heavy (non-hydrogen) atoms. The molecule has 2 amide bonds. The number of nitrogens with zero attached hydrogens (tertiary/aromatic N) is 3. The molecule has 0 aliphatic carbocycles. The number of nitriles is 1. The van der Waals surface area contributed by atoms with Gasteiger partial charge in [0.1, 0.15) is 6.54 Å². The Morgan fingerprint density at radius 1 is 1.18 bits per heavy atom. The van der Waals surface area contributed by atoms with E-state index >= 15 is 0 Å². The summed E-state index contributed by atoms with van der Waals surface area (Å²) >= 11 is 0. The van der Waals surface area contributed by atoms with Crippen LogP contribution in [0.3, 0.4) is 0 Å². The summed E-state index contributed by atoms with van der Waals surface area (Å²) in [7, 11) is 0. The molecule has 0 unspecified atom stereocenters. The Bertz CT molecular complexity index is 901. The van der Waals surface area contributed by atoms with Crippen molar-refractivity contribution in [2.45, 2.75) is 6.92 Å². The van der Waals surface area contributed by atoms with Crippen LogP contribution < -0.4 is 15.1 Å². The van der Waals surface area contributed by atoms with Gasteiger partial charge in [-0.2, -0.15) is 5.26 Å². The normalized spacial score (nSPS) is 13.5. The second kappa shape index (κ2) is 9.02. The van der Waals surface area contributed by atoms with E-state index in [1.807, 2.05) is 30.3 Å². The fraction of sp³-hybridized carbons (Fsp3) is 0.286. The van der Waals surface area contributed by atoms with Crippen LogP contribution in [-0.2, 0) is 14.3 Å². The molecule has 2 aromatic carbocycles. The van der Waals surface area contributed by atoms with E-state index in [1.165, 1.54) is 11.8 Å². The molecule has 3 rings (SSSR count). The highest BCUT2D eigenvalue weighted by Crippen LogP contribution is 2.26. The van der Waals surface area contributed by atoms with Crippen LogP contribution in [0, 0.1) is 11.3 Å². The van der Waals surface area contributed by atoms with Crippen LogP contribution >= 0.6 is 0 Å². The van der Waals surface area contributed by atoms with E-state index in [0.717, 1.165) is 18.8 Å². The van der Waals surface area contributed by atoms with E-state index < -0.39 is 0 Å². The largest absolute Gasteiger partial charge is 0.378 e. The monoisotopic (exact) mass is 378 g/mol. The molecule has 1 aliphatic rings. The van der Waals surface area contributed by atoms with Crippen molar-refractivity contribution in [2.75, 3.05) is 48.0 Å². The number of rotatable bonds is 5. The van der Waals surface area contributed by atoms with E-state index in [-0.39, 0.29) is 18.4 Å². The Morgan fingerprint density at radius 3 is 2.64 bits per heavy atom. The first-order chi connectivity index (χ1) is 13.6. The van der Waals surface area contributed by atoms with Crippen LogP contribution in [0.1, 0.15) is 12.5 Å². The van der Waals surface area contributed by atoms with Gasteiger partial charge >= 0.3 is 0 Å². The van der Waals surface area contributed by atoms with Gasteiger partial charge in [-0.05, 0) is 30.3 Å². The third-order valence-electron chi connectivity index (χ3n) is 4.50. The summed E-state index contributed by atoms with van der Waals surface area (Å²) in [5.41, 5.74) is 2.58. The minimum atomic E-state index is -0.307. The second-order valence-electron chi connectivity index (χ2n) is 6.43. The van der Waals surface area contributed by atoms with Crippen LogP contribution in [0.4, 0.5) is 17.1 Å². The predicted molar refractivity (Wildman–Crippen MR) is 107 cm³/mol. The number of nitrogens with one attached hydrogen (secondary N) is 1. The molecular formula is C21H22N4O3. The molecular weight excluding hydrogens is 356 g/mol. The molecule has 1 saturated heterocycles. The van der Waals surface area contributed by atoms with Gasteiger partial charge < -0.3 is 19.9 Å². The number of carbonyl (C=O) groups is 2. The Hall–Kier alpha value is -3.37. The first-order valence-corrected chi connectivity index (χ1v) is 9.08. The van der Waals surface area contributed by atoms with Gasteiger partial charge in [-0.25, -0.2) is 0 Å². The van der Waals surface area contributed by atoms with Crippen molar-refractivity contribution in [2.24, 2.45) is 0 Å². The minimum Gasteiger partial charge on any atom is -0.378 e. The average molecular weight is 378 g/mol. The lowest BCUT2D eigenvalue weighted by Crippen LogP contribution is -2.38. The van der Waals surface area contributed by atoms with Crippen LogP contribution in [0.2, 0.25) is 0 Å². The topological polar surface area (TPSA) is 85.7 Å². The first-order valence-electron chi connectivity index (χ1n) is 9.08. The van der Waals surface area contributed by atoms with E-state index in [0.29, 0.717) is 30.2 Å². The van der Waals surface area contributed by atoms with Crippen molar-refractivity contribution in [3.63, 3.8) is 0 Å². The molecule has 0 aromatic heterocycles. The fourth-order valence-corrected chi connectivity index (χ4v) is 3.12. The molecule has 0 atom stereocenters. The van der Waals surface area contributed by atoms with Crippen LogP contribution in [-0.4, -0.2) is 44.7 Å². The first kappa shape index (κ1) is 19.4. The third kappa shape index (κ3) is 4.67. The molecule has 7 nitrogen and oxygen atoms in total. The van der Waals surface area contributed by atoms with E-state index in [4.69, 9.17) is 10.00 Å². The molecule has 1 N–H and O–H groups in total. The zero-order valence-corrected chi connectivity index (χ0v) is 15.7. The maximum Gasteiger partial charge on any atom is 0.244 e. The Balaban J connectivity index is 1.75. The molecule has 7 heteroatoms. The van der Waals surface area contributed by atoms with E-state index in [9.17, 15) is 9.59 Å². The van der Waals surface area contributed by atoms with Crippen molar-refractivity contribution in [3.05, 3.63) is 54.1 Å². The van der Waals surface area contributed by atoms with Crippen LogP contribution in [0.25, 0.3) is 0 Å². The summed E-state index contributed by atoms with van der Waals surface area (Å²) in [5.74, 6) is -0.579. The number of amides is 2. The predicted octanol–water partition coefficient (Wildman–Crippen LogP) is 2.39. The standard InChI is InChI=1S/C21H22N4O3/c1-16(26)25(18-6-4-5-17(13-18)14-22)15-21(27)23-19-7-2-3-8-20(19)24-9-11-28-12-10-24/h2-8,13H,9-12,15H2,1H3,(H,23,27). The van der Waals surface area contributed by atoms with Gasteiger partial charge in [0.05, 0.1) is 36.2 Å². The summed E-state index contributed by atoms with van der Waals surface area (Å²) in [6.45, 7) is 4.07. The number of carbonyl (C=O) groups excluding carboxylic acids is 2. The molecule has 1 heterocycles. The molecule has 144 valence electrons. The maximum atomic E-state index is 12.7. The summed E-state index contributed by atoms with van der Waals surface area (Å²) < 4.78 is 5.39. The summed E-state index contributed by atoms with van der Waals surface area (Å²) in [6.07, 6.45) is 0. The number of hydrogen-bond acceptors (Lipinski definition) is 5. The van der Waals surface area contributed by atoms with Gasteiger partial charge in [0, 0.05) is 25.7 Å².